The minimum absolute atomic E-state index is 0.0809. The highest BCUT2D eigenvalue weighted by Gasteiger charge is 2.25. The van der Waals surface area contributed by atoms with E-state index in [4.69, 9.17) is 0 Å². The normalized spacial score (nSPS) is 24.4. The van der Waals surface area contributed by atoms with Gasteiger partial charge >= 0.3 is 0 Å². The Morgan fingerprint density at radius 1 is 1.67 bits per heavy atom. The zero-order chi connectivity index (χ0) is 9.14. The Balaban J connectivity index is 2.35. The van der Waals surface area contributed by atoms with Crippen molar-refractivity contribution in [2.24, 2.45) is 0 Å². The zero-order valence-electron chi connectivity index (χ0n) is 8.13. The van der Waals surface area contributed by atoms with Crippen LogP contribution in [0, 0.1) is 0 Å². The number of likely N-dealkylation sites (N-methyl/N-ethyl adjacent to an activating group) is 1. The molecule has 3 heteroatoms. The van der Waals surface area contributed by atoms with Crippen LogP contribution in [0.2, 0.25) is 0 Å². The average molecular weight is 170 g/mol. The van der Waals surface area contributed by atoms with Gasteiger partial charge in [-0.15, -0.1) is 0 Å². The van der Waals surface area contributed by atoms with Crippen molar-refractivity contribution in [3.8, 4) is 0 Å². The number of ketones is 1. The molecule has 0 bridgehead atoms. The third-order valence-electron chi connectivity index (χ3n) is 2.50. The minimum Gasteiger partial charge on any atom is -0.306 e. The van der Waals surface area contributed by atoms with Crippen LogP contribution in [0.25, 0.3) is 0 Å². The largest absolute Gasteiger partial charge is 0.306 e. The highest BCUT2D eigenvalue weighted by Crippen LogP contribution is 2.04. The van der Waals surface area contributed by atoms with Crippen LogP contribution >= 0.6 is 0 Å². The van der Waals surface area contributed by atoms with E-state index in [-0.39, 0.29) is 6.04 Å². The number of carbonyl (C=O) groups is 1. The van der Waals surface area contributed by atoms with Gasteiger partial charge in [0.1, 0.15) is 0 Å². The molecule has 0 radical (unpaired) electrons. The molecule has 12 heavy (non-hydrogen) atoms. The smallest absolute Gasteiger partial charge is 0.152 e. The number of nitrogens with one attached hydrogen (secondary N) is 1. The van der Waals surface area contributed by atoms with E-state index in [1.807, 2.05) is 0 Å². The second-order valence-corrected chi connectivity index (χ2v) is 3.76. The Labute approximate surface area is 74.1 Å². The van der Waals surface area contributed by atoms with E-state index in [0.29, 0.717) is 18.2 Å². The predicted octanol–water partition coefficient (Wildman–Crippen LogP) is 0.258. The highest BCUT2D eigenvalue weighted by molar-refractivity contribution is 5.86. The van der Waals surface area contributed by atoms with Gasteiger partial charge in [-0.25, -0.2) is 0 Å². The molecule has 0 aromatic rings. The molecule has 1 saturated heterocycles. The fraction of sp³-hybridized carbons (Fsp3) is 0.889. The molecule has 1 aliphatic rings. The number of hydrogen-bond acceptors (Lipinski definition) is 3. The Bertz CT molecular complexity index is 168. The van der Waals surface area contributed by atoms with E-state index in [1.54, 1.807) is 0 Å². The fourth-order valence-corrected chi connectivity index (χ4v) is 1.32. The van der Waals surface area contributed by atoms with Crippen LogP contribution in [0.1, 0.15) is 20.3 Å². The van der Waals surface area contributed by atoms with E-state index in [2.05, 4.69) is 31.1 Å². The first kappa shape index (κ1) is 9.68. The summed E-state index contributed by atoms with van der Waals surface area (Å²) in [5.74, 6) is 0.363. The lowest BCUT2D eigenvalue weighted by atomic mass is 10.2. The Morgan fingerprint density at radius 3 is 2.75 bits per heavy atom. The Kier molecular flexibility index (Phi) is 3.23. The molecule has 0 saturated carbocycles. The summed E-state index contributed by atoms with van der Waals surface area (Å²) >= 11 is 0. The summed E-state index contributed by atoms with van der Waals surface area (Å²) in [6, 6.07) is 0.595. The second-order valence-electron chi connectivity index (χ2n) is 3.76. The third kappa shape index (κ3) is 2.29. The molecule has 1 rings (SSSR count). The van der Waals surface area contributed by atoms with Crippen LogP contribution in [-0.4, -0.2) is 42.9 Å². The number of hydrogen-bond donors (Lipinski definition) is 1. The average Bonchev–Trinajstić information content (AvgIpc) is 2.36. The standard InChI is InChI=1S/C9H18N2O/c1-7(2)11(3)6-8-9(12)4-5-10-8/h7-8,10H,4-6H2,1-3H3. The van der Waals surface area contributed by atoms with E-state index in [9.17, 15) is 4.79 Å². The van der Waals surface area contributed by atoms with Gasteiger partial charge < -0.3 is 10.2 Å². The lowest BCUT2D eigenvalue weighted by molar-refractivity contribution is -0.119. The number of nitrogens with zero attached hydrogens (tertiary/aromatic N) is 1. The lowest BCUT2D eigenvalue weighted by Crippen LogP contribution is -2.41. The summed E-state index contributed by atoms with van der Waals surface area (Å²) in [5, 5.41) is 3.20. The molecular formula is C9H18N2O. The second kappa shape index (κ2) is 4.01. The number of Topliss-reactive ketones (excluding diaryl/α,β-unsaturated/α-hetero) is 1. The lowest BCUT2D eigenvalue weighted by Gasteiger charge is -2.23. The molecular weight excluding hydrogens is 152 g/mol. The van der Waals surface area contributed by atoms with E-state index in [1.165, 1.54) is 0 Å². The molecule has 70 valence electrons. The SMILES string of the molecule is CC(C)N(C)CC1NCCC1=O. The van der Waals surface area contributed by atoms with Crippen LogP contribution in [0.5, 0.6) is 0 Å². The first-order valence-corrected chi connectivity index (χ1v) is 4.57. The molecule has 0 amide bonds. The number of carbonyl (C=O) groups excluding carboxylic acids is 1. The summed E-state index contributed by atoms with van der Waals surface area (Å²) in [7, 11) is 2.05. The van der Waals surface area contributed by atoms with Crippen molar-refractivity contribution in [2.75, 3.05) is 20.1 Å². The maximum atomic E-state index is 11.2. The van der Waals surface area contributed by atoms with Gasteiger partial charge in [0, 0.05) is 25.6 Å². The van der Waals surface area contributed by atoms with Crippen molar-refractivity contribution < 1.29 is 4.79 Å². The first-order valence-electron chi connectivity index (χ1n) is 4.57. The maximum Gasteiger partial charge on any atom is 0.152 e. The molecule has 0 spiro atoms. The topological polar surface area (TPSA) is 32.3 Å². The van der Waals surface area contributed by atoms with Crippen molar-refractivity contribution >= 4 is 5.78 Å². The van der Waals surface area contributed by atoms with Crippen molar-refractivity contribution in [3.05, 3.63) is 0 Å². The Morgan fingerprint density at radius 2 is 2.33 bits per heavy atom. The Hall–Kier alpha value is -0.410. The van der Waals surface area contributed by atoms with E-state index >= 15 is 0 Å². The van der Waals surface area contributed by atoms with Crippen LogP contribution in [-0.2, 0) is 4.79 Å². The quantitative estimate of drug-likeness (QED) is 0.659. The summed E-state index contributed by atoms with van der Waals surface area (Å²) in [5.41, 5.74) is 0. The summed E-state index contributed by atoms with van der Waals surface area (Å²) in [4.78, 5) is 13.4. The van der Waals surface area contributed by atoms with E-state index in [0.717, 1.165) is 13.1 Å². The van der Waals surface area contributed by atoms with Crippen LogP contribution in [0.3, 0.4) is 0 Å². The molecule has 1 aliphatic heterocycles. The molecule has 1 unspecified atom stereocenters. The zero-order valence-corrected chi connectivity index (χ0v) is 8.13. The summed E-state index contributed by atoms with van der Waals surface area (Å²) < 4.78 is 0. The van der Waals surface area contributed by atoms with Crippen molar-refractivity contribution in [3.63, 3.8) is 0 Å². The number of rotatable bonds is 3. The van der Waals surface area contributed by atoms with Gasteiger partial charge in [0.15, 0.2) is 5.78 Å². The van der Waals surface area contributed by atoms with Gasteiger partial charge in [-0.1, -0.05) is 0 Å². The molecule has 0 aromatic heterocycles. The summed E-state index contributed by atoms with van der Waals surface area (Å²) in [6.45, 7) is 5.98. The van der Waals surface area contributed by atoms with Gasteiger partial charge in [-0.2, -0.15) is 0 Å². The summed E-state index contributed by atoms with van der Waals surface area (Å²) in [6.07, 6.45) is 0.705. The molecule has 0 aromatic carbocycles. The van der Waals surface area contributed by atoms with Crippen molar-refractivity contribution in [1.82, 2.24) is 10.2 Å². The molecule has 1 atom stereocenters. The monoisotopic (exact) mass is 170 g/mol. The molecule has 1 heterocycles. The minimum atomic E-state index is 0.0809. The van der Waals surface area contributed by atoms with Crippen LogP contribution in [0.15, 0.2) is 0 Å². The third-order valence-corrected chi connectivity index (χ3v) is 2.50. The van der Waals surface area contributed by atoms with Crippen LogP contribution < -0.4 is 5.32 Å². The molecule has 1 fully saturated rings. The van der Waals surface area contributed by atoms with E-state index < -0.39 is 0 Å². The molecule has 0 aliphatic carbocycles. The van der Waals surface area contributed by atoms with Gasteiger partial charge in [0.05, 0.1) is 6.04 Å². The van der Waals surface area contributed by atoms with Crippen LogP contribution in [0.4, 0.5) is 0 Å². The van der Waals surface area contributed by atoms with Gasteiger partial charge in [-0.05, 0) is 20.9 Å². The molecule has 3 nitrogen and oxygen atoms in total. The van der Waals surface area contributed by atoms with Gasteiger partial charge in [0.25, 0.3) is 0 Å². The molecule has 1 N–H and O–H groups in total. The van der Waals surface area contributed by atoms with Crippen molar-refractivity contribution in [2.45, 2.75) is 32.4 Å². The van der Waals surface area contributed by atoms with Gasteiger partial charge in [-0.3, -0.25) is 4.79 Å². The fourth-order valence-electron chi connectivity index (χ4n) is 1.32. The maximum absolute atomic E-state index is 11.2. The van der Waals surface area contributed by atoms with Crippen molar-refractivity contribution in [1.29, 1.82) is 0 Å². The van der Waals surface area contributed by atoms with Gasteiger partial charge in [0.2, 0.25) is 0 Å². The first-order chi connectivity index (χ1) is 5.61. The predicted molar refractivity (Wildman–Crippen MR) is 49.2 cm³/mol. The highest BCUT2D eigenvalue weighted by atomic mass is 16.1.